The van der Waals surface area contributed by atoms with Crippen LogP contribution in [0.2, 0.25) is 0 Å². The molecule has 2 N–H and O–H groups in total. The lowest BCUT2D eigenvalue weighted by Crippen LogP contribution is -2.65. The van der Waals surface area contributed by atoms with Crippen molar-refractivity contribution in [3.8, 4) is 0 Å². The third-order valence-corrected chi connectivity index (χ3v) is 14.8. The summed E-state index contributed by atoms with van der Waals surface area (Å²) in [6.45, 7) is 2.59. The number of carbonyl (C=O) groups is 2. The van der Waals surface area contributed by atoms with E-state index in [9.17, 15) is 31.2 Å². The van der Waals surface area contributed by atoms with Crippen LogP contribution in [0.4, 0.5) is 28.0 Å². The van der Waals surface area contributed by atoms with Gasteiger partial charge in [0.15, 0.2) is 15.5 Å². The predicted octanol–water partition coefficient (Wildman–Crippen LogP) is 5.05. The van der Waals surface area contributed by atoms with Crippen LogP contribution in [0.25, 0.3) is 0 Å². The fourth-order valence-corrected chi connectivity index (χ4v) is 11.6. The molecular formula is C39H51F4N5O5S. The van der Waals surface area contributed by atoms with Crippen LogP contribution in [-0.2, 0) is 31.3 Å². The lowest BCUT2D eigenvalue weighted by Gasteiger charge is -2.52. The number of ether oxygens (including phenoxy) is 1. The number of benzene rings is 2. The molecular weight excluding hydrogens is 727 g/mol. The molecule has 5 aliphatic rings. The van der Waals surface area contributed by atoms with Gasteiger partial charge in [-0.2, -0.15) is 0 Å². The molecule has 5 fully saturated rings. The molecule has 296 valence electrons. The topological polar surface area (TPSA) is 111 Å². The standard InChI is InChI=1S/C39H51F4N5O5S/c1-26(49)44-20-39(29-5-3-6-30(40)18-29,33-7-4-8-34(33)45-36(50)53-2)28-13-15-46(16-14-28)21-37(41)22-48(23-37)31-9-12-35(54(51,52)32-10-11-32)27(17-31)19-47-24-38(42,43)25-47/h3,5-6,9,12,17-18,28,32-34H,4,7-8,10-11,13-16,19-25H2,1-2H3,(H,44,49)(H,45,50)/t33-,34-,39-/m0/s1. The van der Waals surface area contributed by atoms with Crippen molar-refractivity contribution in [2.24, 2.45) is 11.8 Å². The molecule has 0 bridgehead atoms. The van der Waals surface area contributed by atoms with E-state index in [4.69, 9.17) is 4.74 Å². The average Bonchev–Trinajstić information content (AvgIpc) is 3.87. The number of alkyl carbamates (subject to hydrolysis) is 1. The van der Waals surface area contributed by atoms with E-state index in [1.165, 1.54) is 25.0 Å². The Bertz CT molecular complexity index is 1820. The second-order valence-electron chi connectivity index (χ2n) is 16.3. The average molecular weight is 778 g/mol. The van der Waals surface area contributed by atoms with Gasteiger partial charge in [0.25, 0.3) is 5.92 Å². The monoisotopic (exact) mass is 777 g/mol. The number of hydrogen-bond acceptors (Lipinski definition) is 8. The van der Waals surface area contributed by atoms with Crippen LogP contribution < -0.4 is 15.5 Å². The zero-order valence-electron chi connectivity index (χ0n) is 31.0. The third-order valence-electron chi connectivity index (χ3n) is 12.4. The summed E-state index contributed by atoms with van der Waals surface area (Å²) >= 11 is 0. The number of amides is 2. The summed E-state index contributed by atoms with van der Waals surface area (Å²) in [6, 6.07) is 11.3. The van der Waals surface area contributed by atoms with Gasteiger partial charge in [-0.3, -0.25) is 14.6 Å². The molecule has 7 rings (SSSR count). The Morgan fingerprint density at radius 2 is 1.67 bits per heavy atom. The lowest BCUT2D eigenvalue weighted by atomic mass is 9.58. The van der Waals surface area contributed by atoms with Crippen molar-refractivity contribution in [2.75, 3.05) is 64.4 Å². The molecule has 0 aromatic heterocycles. The summed E-state index contributed by atoms with van der Waals surface area (Å²) in [4.78, 5) is 30.5. The largest absolute Gasteiger partial charge is 0.453 e. The molecule has 15 heteroatoms. The van der Waals surface area contributed by atoms with Crippen LogP contribution in [-0.4, -0.2) is 113 Å². The van der Waals surface area contributed by atoms with Crippen LogP contribution >= 0.6 is 0 Å². The van der Waals surface area contributed by atoms with Crippen molar-refractivity contribution in [3.05, 3.63) is 59.4 Å². The quantitative estimate of drug-likeness (QED) is 0.272. The van der Waals surface area contributed by atoms with Gasteiger partial charge in [-0.15, -0.1) is 0 Å². The Kier molecular flexibility index (Phi) is 10.7. The maximum Gasteiger partial charge on any atom is 0.407 e. The smallest absolute Gasteiger partial charge is 0.407 e. The number of halogens is 4. The van der Waals surface area contributed by atoms with E-state index >= 15 is 4.39 Å². The second kappa shape index (κ2) is 14.9. The highest BCUT2D eigenvalue weighted by Gasteiger charge is 2.53. The number of carbonyl (C=O) groups excluding carboxylic acids is 2. The van der Waals surface area contributed by atoms with Crippen LogP contribution in [0.3, 0.4) is 0 Å². The maximum absolute atomic E-state index is 16.4. The Morgan fingerprint density at radius 1 is 0.944 bits per heavy atom. The van der Waals surface area contributed by atoms with Crippen LogP contribution in [0.1, 0.15) is 63.0 Å². The van der Waals surface area contributed by atoms with E-state index in [-0.39, 0.29) is 67.2 Å². The fourth-order valence-electron chi connectivity index (χ4n) is 9.75. The molecule has 3 heterocycles. The van der Waals surface area contributed by atoms with Crippen LogP contribution in [0.5, 0.6) is 0 Å². The van der Waals surface area contributed by atoms with Crippen molar-refractivity contribution in [3.63, 3.8) is 0 Å². The number of methoxy groups -OCH3 is 1. The highest BCUT2D eigenvalue weighted by atomic mass is 32.2. The van der Waals surface area contributed by atoms with Gasteiger partial charge < -0.3 is 20.3 Å². The zero-order valence-corrected chi connectivity index (χ0v) is 31.8. The van der Waals surface area contributed by atoms with Gasteiger partial charge in [0.1, 0.15) is 5.82 Å². The molecule has 0 spiro atoms. The van der Waals surface area contributed by atoms with Crippen molar-refractivity contribution in [2.45, 2.75) is 91.6 Å². The Morgan fingerprint density at radius 3 is 2.30 bits per heavy atom. The normalized spacial score (nSPS) is 25.6. The van der Waals surface area contributed by atoms with Gasteiger partial charge >= 0.3 is 6.09 Å². The van der Waals surface area contributed by atoms with Crippen molar-refractivity contribution < 1.29 is 40.3 Å². The number of alkyl halides is 3. The second-order valence-corrected chi connectivity index (χ2v) is 18.5. The van der Waals surface area contributed by atoms with Crippen LogP contribution in [0, 0.1) is 17.7 Å². The van der Waals surface area contributed by atoms with Crippen molar-refractivity contribution in [1.29, 1.82) is 0 Å². The number of likely N-dealkylation sites (tertiary alicyclic amines) is 2. The summed E-state index contributed by atoms with van der Waals surface area (Å²) in [5, 5.41) is 5.62. The van der Waals surface area contributed by atoms with Gasteiger partial charge in [-0.1, -0.05) is 18.6 Å². The molecule has 10 nitrogen and oxygen atoms in total. The first-order chi connectivity index (χ1) is 25.6. The molecule has 0 unspecified atom stereocenters. The third kappa shape index (κ3) is 7.95. The molecule has 2 aliphatic carbocycles. The van der Waals surface area contributed by atoms with E-state index in [1.54, 1.807) is 30.3 Å². The summed E-state index contributed by atoms with van der Waals surface area (Å²) in [6.07, 6.45) is 4.35. The number of hydrogen-bond donors (Lipinski definition) is 2. The van der Waals surface area contributed by atoms with Gasteiger partial charge in [-0.05, 0) is 105 Å². The minimum Gasteiger partial charge on any atom is -0.453 e. The van der Waals surface area contributed by atoms with E-state index in [2.05, 4.69) is 15.5 Å². The molecule has 2 amide bonds. The highest BCUT2D eigenvalue weighted by Crippen LogP contribution is 2.51. The van der Waals surface area contributed by atoms with Gasteiger partial charge in [0, 0.05) is 43.7 Å². The first kappa shape index (κ1) is 38.8. The highest BCUT2D eigenvalue weighted by molar-refractivity contribution is 7.92. The molecule has 2 aromatic carbocycles. The van der Waals surface area contributed by atoms with Crippen molar-refractivity contribution in [1.82, 2.24) is 20.4 Å². The fraction of sp³-hybridized carbons (Fsp3) is 0.641. The molecule has 2 saturated carbocycles. The molecule has 2 aromatic rings. The number of anilines is 1. The van der Waals surface area contributed by atoms with Crippen molar-refractivity contribution >= 4 is 27.5 Å². The van der Waals surface area contributed by atoms with Gasteiger partial charge in [0.05, 0.1) is 43.4 Å². The Balaban J connectivity index is 1.05. The zero-order chi connectivity index (χ0) is 38.5. The molecule has 3 saturated heterocycles. The van der Waals surface area contributed by atoms with Gasteiger partial charge in [-0.25, -0.2) is 30.8 Å². The first-order valence-electron chi connectivity index (χ1n) is 19.1. The first-order valence-corrected chi connectivity index (χ1v) is 20.6. The Labute approximate surface area is 314 Å². The number of piperidine rings is 1. The number of nitrogens with zero attached hydrogens (tertiary/aromatic N) is 3. The minimum absolute atomic E-state index is 0.00360. The molecule has 0 radical (unpaired) electrons. The van der Waals surface area contributed by atoms with E-state index in [0.717, 1.165) is 24.8 Å². The lowest BCUT2D eigenvalue weighted by molar-refractivity contribution is -0.134. The van der Waals surface area contributed by atoms with Crippen LogP contribution in [0.15, 0.2) is 47.4 Å². The summed E-state index contributed by atoms with van der Waals surface area (Å²) < 4.78 is 89.9. The van der Waals surface area contributed by atoms with E-state index < -0.39 is 51.3 Å². The molecule has 3 atom stereocenters. The summed E-state index contributed by atoms with van der Waals surface area (Å²) in [5.74, 6) is -3.47. The molecule has 3 aliphatic heterocycles. The van der Waals surface area contributed by atoms with Gasteiger partial charge in [0.2, 0.25) is 5.91 Å². The minimum atomic E-state index is -3.56. The number of nitrogens with one attached hydrogen (secondary N) is 2. The summed E-state index contributed by atoms with van der Waals surface area (Å²) in [7, 11) is -2.24. The van der Waals surface area contributed by atoms with E-state index in [1.807, 2.05) is 11.0 Å². The number of rotatable bonds is 13. The van der Waals surface area contributed by atoms with E-state index in [0.29, 0.717) is 50.0 Å². The summed E-state index contributed by atoms with van der Waals surface area (Å²) in [5.41, 5.74) is -0.301. The predicted molar refractivity (Wildman–Crippen MR) is 196 cm³/mol. The molecule has 54 heavy (non-hydrogen) atoms. The maximum atomic E-state index is 16.4. The number of sulfone groups is 1. The SMILES string of the molecule is COC(=O)N[C@H]1CCC[C@@H]1[C@](CNC(C)=O)(c1cccc(F)c1)C1CCN(CC2(F)CN(c3ccc(S(=O)(=O)C4CC4)c(CN4CC(F)(F)C4)c3)C2)CC1. The Hall–Kier alpha value is -3.43.